The third-order valence-electron chi connectivity index (χ3n) is 8.20. The summed E-state index contributed by atoms with van der Waals surface area (Å²) in [6, 6.07) is 8.76. The summed E-state index contributed by atoms with van der Waals surface area (Å²) in [5.74, 6) is -3.09. The fourth-order valence-electron chi connectivity index (χ4n) is 5.27. The molecule has 0 saturated carbocycles. The topological polar surface area (TPSA) is 105 Å². The molecule has 0 radical (unpaired) electrons. The molecule has 10 heteroatoms. The molecule has 1 amide bonds. The van der Waals surface area contributed by atoms with Gasteiger partial charge in [-0.2, -0.15) is 5.26 Å². The van der Waals surface area contributed by atoms with E-state index in [2.05, 4.69) is 16.7 Å². The normalized spacial score (nSPS) is 24.0. The van der Waals surface area contributed by atoms with Crippen molar-refractivity contribution in [2.45, 2.75) is 70.1 Å². The summed E-state index contributed by atoms with van der Waals surface area (Å²) in [6.07, 6.45) is -0.570. The van der Waals surface area contributed by atoms with Crippen LogP contribution in [0.15, 0.2) is 36.4 Å². The van der Waals surface area contributed by atoms with Crippen molar-refractivity contribution in [1.29, 1.82) is 5.26 Å². The fourth-order valence-corrected chi connectivity index (χ4v) is 5.61. The summed E-state index contributed by atoms with van der Waals surface area (Å²) < 4.78 is 31.4. The van der Waals surface area contributed by atoms with Crippen LogP contribution in [0.5, 0.6) is 0 Å². The number of carbonyl (C=O) groups is 1. The highest BCUT2D eigenvalue weighted by molar-refractivity contribution is 6.31. The summed E-state index contributed by atoms with van der Waals surface area (Å²) >= 11 is 12.2. The Kier molecular flexibility index (Phi) is 10.0. The van der Waals surface area contributed by atoms with Gasteiger partial charge in [0.15, 0.2) is 0 Å². The Morgan fingerprint density at radius 2 is 1.95 bits per heavy atom. The van der Waals surface area contributed by atoms with Gasteiger partial charge in [0.05, 0.1) is 29.8 Å². The third-order valence-corrected chi connectivity index (χ3v) is 8.72. The average molecular weight is 583 g/mol. The van der Waals surface area contributed by atoms with E-state index < -0.39 is 53.7 Å². The van der Waals surface area contributed by atoms with E-state index in [4.69, 9.17) is 28.3 Å². The molecule has 1 aliphatic rings. The molecule has 2 aromatic rings. The number of carbonyl (C=O) groups excluding carboxylic acids is 1. The fraction of sp³-hybridized carbons (Fsp3) is 0.517. The minimum Gasteiger partial charge on any atom is -0.394 e. The first kappa shape index (κ1) is 31.3. The lowest BCUT2D eigenvalue weighted by Crippen LogP contribution is -2.47. The minimum absolute atomic E-state index is 0.00170. The van der Waals surface area contributed by atoms with Gasteiger partial charge in [0.2, 0.25) is 5.91 Å². The third kappa shape index (κ3) is 6.23. The van der Waals surface area contributed by atoms with Crippen LogP contribution in [0, 0.1) is 34.3 Å². The van der Waals surface area contributed by atoms with Crippen molar-refractivity contribution in [3.63, 3.8) is 0 Å². The Hall–Kier alpha value is -2.28. The number of rotatable bonds is 10. The number of nitriles is 1. The van der Waals surface area contributed by atoms with Crippen molar-refractivity contribution >= 4 is 29.1 Å². The highest BCUT2D eigenvalue weighted by Gasteiger charge is 2.61. The molecule has 0 spiro atoms. The molecule has 6 nitrogen and oxygen atoms in total. The quantitative estimate of drug-likeness (QED) is 0.313. The molecule has 212 valence electrons. The number of aliphatic hydroxyl groups is 2. The zero-order valence-corrected chi connectivity index (χ0v) is 24.0. The van der Waals surface area contributed by atoms with Gasteiger partial charge in [-0.25, -0.2) is 8.78 Å². The van der Waals surface area contributed by atoms with Crippen molar-refractivity contribution in [1.82, 2.24) is 10.6 Å². The lowest BCUT2D eigenvalue weighted by Gasteiger charge is -2.39. The maximum atomic E-state index is 15.7. The lowest BCUT2D eigenvalue weighted by molar-refractivity contribution is -0.123. The molecule has 1 aliphatic heterocycles. The van der Waals surface area contributed by atoms with Crippen LogP contribution < -0.4 is 10.6 Å². The smallest absolute Gasteiger partial charge is 0.237 e. The lowest BCUT2D eigenvalue weighted by atomic mass is 9.61. The summed E-state index contributed by atoms with van der Waals surface area (Å²) in [4.78, 5) is 13.6. The van der Waals surface area contributed by atoms with Crippen LogP contribution in [0.25, 0.3) is 0 Å². The predicted octanol–water partition coefficient (Wildman–Crippen LogP) is 5.09. The molecule has 0 unspecified atom stereocenters. The average Bonchev–Trinajstić information content (AvgIpc) is 3.19. The Labute approximate surface area is 238 Å². The van der Waals surface area contributed by atoms with E-state index in [0.29, 0.717) is 6.42 Å². The molecule has 3 rings (SSSR count). The largest absolute Gasteiger partial charge is 0.394 e. The molecule has 0 bridgehead atoms. The number of aliphatic hydroxyl groups excluding tert-OH is 2. The molecule has 39 heavy (non-hydrogen) atoms. The van der Waals surface area contributed by atoms with Crippen molar-refractivity contribution in [3.05, 3.63) is 69.2 Å². The van der Waals surface area contributed by atoms with Gasteiger partial charge in [0, 0.05) is 29.1 Å². The number of halogens is 4. The molecule has 2 aromatic carbocycles. The molecule has 0 aromatic heterocycles. The predicted molar refractivity (Wildman–Crippen MR) is 148 cm³/mol. The van der Waals surface area contributed by atoms with E-state index in [1.807, 2.05) is 27.7 Å². The molecule has 5 atom stereocenters. The van der Waals surface area contributed by atoms with Gasteiger partial charge in [-0.05, 0) is 47.9 Å². The van der Waals surface area contributed by atoms with Crippen LogP contribution in [-0.2, 0) is 10.2 Å². The van der Waals surface area contributed by atoms with Crippen molar-refractivity contribution < 1.29 is 23.8 Å². The van der Waals surface area contributed by atoms with Crippen LogP contribution in [0.2, 0.25) is 10.0 Å². The maximum Gasteiger partial charge on any atom is 0.237 e. The minimum atomic E-state index is -1.72. The zero-order valence-electron chi connectivity index (χ0n) is 22.4. The van der Waals surface area contributed by atoms with E-state index in [9.17, 15) is 15.2 Å². The van der Waals surface area contributed by atoms with Crippen LogP contribution in [0.1, 0.15) is 57.6 Å². The Morgan fingerprint density at radius 1 is 1.26 bits per heavy atom. The van der Waals surface area contributed by atoms with Gasteiger partial charge >= 0.3 is 0 Å². The van der Waals surface area contributed by atoms with Crippen LogP contribution in [-0.4, -0.2) is 47.5 Å². The number of hydrogen-bond acceptors (Lipinski definition) is 5. The second kappa shape index (κ2) is 12.5. The molecular weight excluding hydrogens is 547 g/mol. The van der Waals surface area contributed by atoms with E-state index in [1.54, 1.807) is 0 Å². The second-order valence-electron chi connectivity index (χ2n) is 11.2. The first-order chi connectivity index (χ1) is 18.3. The van der Waals surface area contributed by atoms with E-state index >= 15 is 8.78 Å². The molecule has 1 fully saturated rings. The summed E-state index contributed by atoms with van der Waals surface area (Å²) in [5.41, 5.74) is -2.07. The first-order valence-corrected chi connectivity index (χ1v) is 13.7. The molecule has 0 aliphatic carbocycles. The van der Waals surface area contributed by atoms with Gasteiger partial charge in [-0.15, -0.1) is 0 Å². The summed E-state index contributed by atoms with van der Waals surface area (Å²) in [5, 5.41) is 35.7. The standard InChI is InChI=1S/C29H35Cl2F2N3O3/c1-16(2)28(3,4)13-23-29(15-34,20-9-8-17(30)12-22(20)32)24(19-6-5-7-21(31)25(19)33)26(36-23)27(39)35-11-10-18(38)14-37/h5-9,12,16,18,23-24,26,36-38H,10-11,13-14H2,1-4H3,(H,35,39)/t18-,23+,24+,26-,29+/m0/s1. The van der Waals surface area contributed by atoms with Crippen molar-refractivity contribution in [2.75, 3.05) is 13.2 Å². The number of nitrogens with one attached hydrogen (secondary N) is 2. The number of amides is 1. The molecular formula is C29H35Cl2F2N3O3. The maximum absolute atomic E-state index is 15.7. The molecule has 1 heterocycles. The van der Waals surface area contributed by atoms with Crippen molar-refractivity contribution in [2.24, 2.45) is 11.3 Å². The Bertz CT molecular complexity index is 1240. The summed E-state index contributed by atoms with van der Waals surface area (Å²) in [7, 11) is 0. The van der Waals surface area contributed by atoms with Gasteiger partial charge < -0.3 is 20.8 Å². The van der Waals surface area contributed by atoms with Crippen LogP contribution >= 0.6 is 23.2 Å². The SMILES string of the molecule is CC(C)C(C)(C)C[C@H]1N[C@H](C(=O)NCC[C@H](O)CO)[C@@H](c2cccc(Cl)c2F)[C@]1(C#N)c1ccc(Cl)cc1F. The second-order valence-corrected chi connectivity index (χ2v) is 12.0. The van der Waals surface area contributed by atoms with Gasteiger partial charge in [0.1, 0.15) is 17.0 Å². The Balaban J connectivity index is 2.26. The number of nitrogens with zero attached hydrogens (tertiary/aromatic N) is 1. The number of benzene rings is 2. The van der Waals surface area contributed by atoms with E-state index in [1.165, 1.54) is 30.3 Å². The molecule has 1 saturated heterocycles. The van der Waals surface area contributed by atoms with E-state index in [0.717, 1.165) is 6.07 Å². The van der Waals surface area contributed by atoms with Gasteiger partial charge in [-0.3, -0.25) is 4.79 Å². The van der Waals surface area contributed by atoms with Gasteiger partial charge in [-0.1, -0.05) is 69.1 Å². The van der Waals surface area contributed by atoms with Crippen LogP contribution in [0.4, 0.5) is 8.78 Å². The Morgan fingerprint density at radius 3 is 2.54 bits per heavy atom. The van der Waals surface area contributed by atoms with Crippen LogP contribution in [0.3, 0.4) is 0 Å². The number of hydrogen-bond donors (Lipinski definition) is 4. The first-order valence-electron chi connectivity index (χ1n) is 12.9. The van der Waals surface area contributed by atoms with Gasteiger partial charge in [0.25, 0.3) is 0 Å². The zero-order chi connectivity index (χ0) is 29.1. The highest BCUT2D eigenvalue weighted by Crippen LogP contribution is 2.53. The van der Waals surface area contributed by atoms with E-state index in [-0.39, 0.29) is 45.5 Å². The summed E-state index contributed by atoms with van der Waals surface area (Å²) in [6.45, 7) is 7.69. The van der Waals surface area contributed by atoms with Crippen molar-refractivity contribution in [3.8, 4) is 6.07 Å². The highest BCUT2D eigenvalue weighted by atomic mass is 35.5. The molecule has 4 N–H and O–H groups in total. The monoisotopic (exact) mass is 581 g/mol.